The quantitative estimate of drug-likeness (QED) is 0.583. The zero-order valence-corrected chi connectivity index (χ0v) is 18.4. The molecule has 0 amide bonds. The molecule has 1 fully saturated rings. The number of rotatable bonds is 9. The van der Waals surface area contributed by atoms with Crippen LogP contribution >= 0.6 is 24.8 Å². The van der Waals surface area contributed by atoms with Crippen LogP contribution in [0.3, 0.4) is 0 Å². The fourth-order valence-electron chi connectivity index (χ4n) is 3.51. The van der Waals surface area contributed by atoms with E-state index in [1.165, 1.54) is 17.7 Å². The topological polar surface area (TPSA) is 33.7 Å². The van der Waals surface area contributed by atoms with Crippen molar-refractivity contribution in [3.05, 3.63) is 66.0 Å². The molecule has 0 saturated carbocycles. The number of halogens is 3. The minimum atomic E-state index is -0.239. The molecule has 1 saturated heterocycles. The maximum absolute atomic E-state index is 12.9. The highest BCUT2D eigenvalue weighted by atomic mass is 35.5. The first-order valence-corrected chi connectivity index (χ1v) is 9.65. The summed E-state index contributed by atoms with van der Waals surface area (Å²) in [5.74, 6) is 0.478. The second-order valence-electron chi connectivity index (χ2n) is 6.99. The van der Waals surface area contributed by atoms with Crippen molar-refractivity contribution in [3.63, 3.8) is 0 Å². The molecular formula is C22H31Cl2FN2O2. The van der Waals surface area contributed by atoms with Crippen LogP contribution in [0.15, 0.2) is 54.6 Å². The van der Waals surface area contributed by atoms with Crippen molar-refractivity contribution >= 4 is 24.8 Å². The van der Waals surface area contributed by atoms with Gasteiger partial charge in [0.1, 0.15) is 11.6 Å². The van der Waals surface area contributed by atoms with E-state index < -0.39 is 0 Å². The highest BCUT2D eigenvalue weighted by Gasteiger charge is 2.28. The van der Waals surface area contributed by atoms with E-state index in [0.717, 1.165) is 44.8 Å². The fourth-order valence-corrected chi connectivity index (χ4v) is 3.51. The lowest BCUT2D eigenvalue weighted by Crippen LogP contribution is -2.53. The molecule has 2 atom stereocenters. The van der Waals surface area contributed by atoms with Gasteiger partial charge >= 0.3 is 0 Å². The Labute approximate surface area is 185 Å². The number of ether oxygens (including phenoxy) is 2. The van der Waals surface area contributed by atoms with Gasteiger partial charge in [-0.05, 0) is 49.2 Å². The summed E-state index contributed by atoms with van der Waals surface area (Å²) in [6.07, 6.45) is 2.21. The smallest absolute Gasteiger partial charge is 0.123 e. The lowest BCUT2D eigenvalue weighted by atomic mass is 10.0. The van der Waals surface area contributed by atoms with E-state index in [4.69, 9.17) is 9.47 Å². The van der Waals surface area contributed by atoms with Crippen LogP contribution in [0.1, 0.15) is 18.4 Å². The van der Waals surface area contributed by atoms with Gasteiger partial charge in [0.2, 0.25) is 0 Å². The highest BCUT2D eigenvalue weighted by Crippen LogP contribution is 2.16. The van der Waals surface area contributed by atoms with E-state index in [0.29, 0.717) is 12.6 Å². The maximum atomic E-state index is 12.9. The molecule has 7 heteroatoms. The van der Waals surface area contributed by atoms with E-state index in [1.807, 2.05) is 6.07 Å². The molecule has 0 unspecified atom stereocenters. The first-order chi connectivity index (χ1) is 13.2. The second-order valence-corrected chi connectivity index (χ2v) is 6.99. The first kappa shape index (κ1) is 25.7. The third-order valence-electron chi connectivity index (χ3n) is 5.06. The van der Waals surface area contributed by atoms with Crippen molar-refractivity contribution in [2.24, 2.45) is 0 Å². The Morgan fingerprint density at radius 1 is 1.07 bits per heavy atom. The Bertz CT molecular complexity index is 676. The molecule has 0 aliphatic carbocycles. The fraction of sp³-hybridized carbons (Fsp3) is 0.455. The van der Waals surface area contributed by atoms with E-state index in [1.54, 1.807) is 19.2 Å². The average Bonchev–Trinajstić information content (AvgIpc) is 2.72. The van der Waals surface area contributed by atoms with Crippen LogP contribution in [0.25, 0.3) is 0 Å². The Morgan fingerprint density at radius 2 is 1.79 bits per heavy atom. The molecular weight excluding hydrogens is 414 g/mol. The van der Waals surface area contributed by atoms with Crippen molar-refractivity contribution in [1.82, 2.24) is 10.2 Å². The van der Waals surface area contributed by atoms with Gasteiger partial charge in [-0.25, -0.2) is 4.39 Å². The van der Waals surface area contributed by atoms with Gasteiger partial charge in [-0.15, -0.1) is 24.8 Å². The molecule has 1 aliphatic rings. The number of methoxy groups -OCH3 is 1. The molecule has 162 valence electrons. The van der Waals surface area contributed by atoms with E-state index >= 15 is 0 Å². The molecule has 2 aromatic rings. The molecule has 0 spiro atoms. The molecule has 1 N–H and O–H groups in total. The Morgan fingerprint density at radius 3 is 2.48 bits per heavy atom. The van der Waals surface area contributed by atoms with Gasteiger partial charge in [0.05, 0.1) is 12.7 Å². The van der Waals surface area contributed by atoms with Crippen LogP contribution in [0.5, 0.6) is 5.75 Å². The summed E-state index contributed by atoms with van der Waals surface area (Å²) < 4.78 is 24.3. The maximum Gasteiger partial charge on any atom is 0.123 e. The summed E-state index contributed by atoms with van der Waals surface area (Å²) in [5.41, 5.74) is 1.30. The summed E-state index contributed by atoms with van der Waals surface area (Å²) in [6, 6.07) is 17.0. The second kappa shape index (κ2) is 13.8. The zero-order valence-electron chi connectivity index (χ0n) is 16.8. The number of likely N-dealkylation sites (tertiary alicyclic amines) is 1. The summed E-state index contributed by atoms with van der Waals surface area (Å²) in [7, 11) is 1.79. The number of nitrogens with zero attached hydrogens (tertiary/aromatic N) is 1. The average molecular weight is 445 g/mol. The summed E-state index contributed by atoms with van der Waals surface area (Å²) in [4.78, 5) is 2.43. The van der Waals surface area contributed by atoms with Crippen molar-refractivity contribution in [2.75, 3.05) is 33.4 Å². The third-order valence-corrected chi connectivity index (χ3v) is 5.06. The van der Waals surface area contributed by atoms with Crippen molar-refractivity contribution in [1.29, 1.82) is 0 Å². The van der Waals surface area contributed by atoms with Gasteiger partial charge in [0.25, 0.3) is 0 Å². The lowest BCUT2D eigenvalue weighted by molar-refractivity contribution is 0.00422. The van der Waals surface area contributed by atoms with Crippen LogP contribution in [-0.4, -0.2) is 50.4 Å². The molecule has 1 heterocycles. The Hall–Kier alpha value is -1.37. The van der Waals surface area contributed by atoms with Crippen LogP contribution in [0, 0.1) is 5.82 Å². The molecule has 1 aliphatic heterocycles. The molecule has 2 aromatic carbocycles. The van der Waals surface area contributed by atoms with Gasteiger partial charge in [-0.3, -0.25) is 0 Å². The zero-order chi connectivity index (χ0) is 18.9. The standard InChI is InChI=1S/C22H29FN2O2.2ClH/c1-26-22-17-25(13-5-15-27-20-10-8-19(23)9-11-20)14-12-21(22)24-16-18-6-3-2-4-7-18;;/h2-4,6-11,21-22,24H,5,12-17H2,1H3;2*1H/t21-,22+;;/m0../s1. The van der Waals surface area contributed by atoms with Crippen LogP contribution < -0.4 is 10.1 Å². The van der Waals surface area contributed by atoms with E-state index in [-0.39, 0.29) is 36.7 Å². The van der Waals surface area contributed by atoms with Gasteiger partial charge < -0.3 is 19.7 Å². The Balaban J connectivity index is 0.00000210. The van der Waals surface area contributed by atoms with Gasteiger partial charge in [0, 0.05) is 32.8 Å². The molecule has 0 radical (unpaired) electrons. The predicted molar refractivity (Wildman–Crippen MR) is 120 cm³/mol. The molecule has 4 nitrogen and oxygen atoms in total. The number of piperidine rings is 1. The lowest BCUT2D eigenvalue weighted by Gasteiger charge is -2.38. The van der Waals surface area contributed by atoms with Crippen molar-refractivity contribution in [2.45, 2.75) is 31.5 Å². The molecule has 3 rings (SSSR count). The third kappa shape index (κ3) is 8.49. The number of nitrogens with one attached hydrogen (secondary N) is 1. The molecule has 0 bridgehead atoms. The summed E-state index contributed by atoms with van der Waals surface area (Å²) >= 11 is 0. The van der Waals surface area contributed by atoms with Gasteiger partial charge in [0.15, 0.2) is 0 Å². The van der Waals surface area contributed by atoms with E-state index in [2.05, 4.69) is 34.5 Å². The number of benzene rings is 2. The highest BCUT2D eigenvalue weighted by molar-refractivity contribution is 5.85. The summed E-state index contributed by atoms with van der Waals surface area (Å²) in [5, 5.41) is 3.65. The van der Waals surface area contributed by atoms with Crippen LogP contribution in [0.2, 0.25) is 0 Å². The van der Waals surface area contributed by atoms with Crippen molar-refractivity contribution < 1.29 is 13.9 Å². The van der Waals surface area contributed by atoms with Gasteiger partial charge in [-0.2, -0.15) is 0 Å². The number of hydrogen-bond donors (Lipinski definition) is 1. The van der Waals surface area contributed by atoms with Crippen molar-refractivity contribution in [3.8, 4) is 5.75 Å². The van der Waals surface area contributed by atoms with E-state index in [9.17, 15) is 4.39 Å². The number of hydrogen-bond acceptors (Lipinski definition) is 4. The normalized spacial score (nSPS) is 19.1. The van der Waals surface area contributed by atoms with Crippen LogP contribution in [0.4, 0.5) is 4.39 Å². The first-order valence-electron chi connectivity index (χ1n) is 9.65. The molecule has 29 heavy (non-hydrogen) atoms. The minimum Gasteiger partial charge on any atom is -0.494 e. The van der Waals surface area contributed by atoms with Gasteiger partial charge in [-0.1, -0.05) is 30.3 Å². The Kier molecular flexibility index (Phi) is 12.2. The minimum absolute atomic E-state index is 0. The predicted octanol–water partition coefficient (Wildman–Crippen LogP) is 4.32. The van der Waals surface area contributed by atoms with Crippen LogP contribution in [-0.2, 0) is 11.3 Å². The molecule has 0 aromatic heterocycles. The largest absolute Gasteiger partial charge is 0.494 e. The summed E-state index contributed by atoms with van der Waals surface area (Å²) in [6.45, 7) is 4.47. The SMILES string of the molecule is CO[C@@H]1CN(CCCOc2ccc(F)cc2)CC[C@@H]1NCc1ccccc1.Cl.Cl. The monoisotopic (exact) mass is 444 g/mol.